The lowest BCUT2D eigenvalue weighted by Crippen LogP contribution is -2.11. The molecule has 2 aromatic carbocycles. The zero-order valence-electron chi connectivity index (χ0n) is 27.3. The van der Waals surface area contributed by atoms with Crippen LogP contribution in [0.25, 0.3) is 69.3 Å². The molecule has 47 heavy (non-hydrogen) atoms. The molecule has 0 atom stereocenters. The fraction of sp³-hybridized carbons (Fsp3) is 0.263. The number of nitrogens with zero attached hydrogens (tertiary/aromatic N) is 6. The zero-order chi connectivity index (χ0) is 32.5. The van der Waals surface area contributed by atoms with Crippen LogP contribution in [0.2, 0.25) is 0 Å². The van der Waals surface area contributed by atoms with E-state index in [1.165, 1.54) is 16.7 Å². The Bertz CT molecular complexity index is 2350. The molecule has 7 nitrogen and oxygen atoms in total. The summed E-state index contributed by atoms with van der Waals surface area (Å²) in [5.74, 6) is 1.37. The van der Waals surface area contributed by atoms with E-state index in [0.29, 0.717) is 11.6 Å². The molecule has 0 fully saturated rings. The highest BCUT2D eigenvalue weighted by molar-refractivity contribution is 7.30. The maximum Gasteiger partial charge on any atom is 0.169 e. The molecule has 9 heteroatoms. The molecule has 0 saturated heterocycles. The topological polar surface area (TPSA) is 90.5 Å². The summed E-state index contributed by atoms with van der Waals surface area (Å²) in [6.07, 6.45) is 14.2. The van der Waals surface area contributed by atoms with Crippen molar-refractivity contribution in [2.45, 2.75) is 59.8 Å². The largest absolute Gasteiger partial charge is 0.243 e. The van der Waals surface area contributed by atoms with Gasteiger partial charge >= 0.3 is 0 Å². The lowest BCUT2D eigenvalue weighted by atomic mass is 9.80. The van der Waals surface area contributed by atoms with Crippen molar-refractivity contribution in [3.8, 4) is 32.5 Å². The number of hydrogen-bond donors (Lipinski definition) is 0. The molecule has 0 aliphatic heterocycles. The first-order valence-electron chi connectivity index (χ1n) is 15.8. The highest BCUT2D eigenvalue weighted by Gasteiger charge is 2.22. The zero-order valence-corrected chi connectivity index (χ0v) is 28.9. The second kappa shape index (κ2) is 11.0. The average Bonchev–Trinajstić information content (AvgIpc) is 3.83. The molecule has 1 aliphatic carbocycles. The standard InChI is InChI=1S/C38H34N6OS2/c1-37(2,3)25-11-7-21(8-12-25)23-17-39-35(40-18-23)29-15-27-31-32(44-45-43-31)28-16-30(47-34(28)33(27)46-29)36-41-19-24(20-42-36)22-9-13-26(14-10-22)38(4,5)6/h7-9,11-13,15-20H,10,14H2,1-6H3. The number of allylic oxidation sites excluding steroid dienone is 4. The first kappa shape index (κ1) is 29.8. The molecule has 234 valence electrons. The van der Waals surface area contributed by atoms with E-state index < -0.39 is 0 Å². The van der Waals surface area contributed by atoms with Crippen molar-refractivity contribution in [2.75, 3.05) is 0 Å². The summed E-state index contributed by atoms with van der Waals surface area (Å²) >= 11 is 3.32. The Morgan fingerprint density at radius 3 is 1.60 bits per heavy atom. The van der Waals surface area contributed by atoms with Crippen LogP contribution in [0.5, 0.6) is 0 Å². The molecule has 0 spiro atoms. The number of thiophene rings is 2. The third kappa shape index (κ3) is 5.37. The van der Waals surface area contributed by atoms with Gasteiger partial charge in [0.25, 0.3) is 0 Å². The van der Waals surface area contributed by atoms with Gasteiger partial charge < -0.3 is 0 Å². The summed E-state index contributed by atoms with van der Waals surface area (Å²) in [6.45, 7) is 13.5. The molecule has 0 amide bonds. The maximum atomic E-state index is 5.25. The van der Waals surface area contributed by atoms with Crippen molar-refractivity contribution in [2.24, 2.45) is 5.41 Å². The Balaban J connectivity index is 1.13. The van der Waals surface area contributed by atoms with Gasteiger partial charge in [-0.25, -0.2) is 24.6 Å². The van der Waals surface area contributed by atoms with Crippen molar-refractivity contribution in [3.05, 3.63) is 90.0 Å². The second-order valence-electron chi connectivity index (χ2n) is 14.2. The first-order chi connectivity index (χ1) is 22.5. The Morgan fingerprint density at radius 2 is 1.13 bits per heavy atom. The van der Waals surface area contributed by atoms with Gasteiger partial charge in [0.15, 0.2) is 11.6 Å². The molecule has 1 aliphatic rings. The molecule has 5 aromatic heterocycles. The lowest BCUT2D eigenvalue weighted by molar-refractivity contribution is 0.316. The molecule has 8 rings (SSSR count). The third-order valence-corrected chi connectivity index (χ3v) is 11.4. The summed E-state index contributed by atoms with van der Waals surface area (Å²) in [7, 11) is 0. The molecule has 0 unspecified atom stereocenters. The highest BCUT2D eigenvalue weighted by atomic mass is 32.1. The third-order valence-electron chi connectivity index (χ3n) is 8.98. The van der Waals surface area contributed by atoms with Crippen LogP contribution in [0, 0.1) is 5.41 Å². The lowest BCUT2D eigenvalue weighted by Gasteiger charge is -2.26. The summed E-state index contributed by atoms with van der Waals surface area (Å²) in [5, 5.41) is 10.5. The van der Waals surface area contributed by atoms with Gasteiger partial charge in [0.05, 0.1) is 19.2 Å². The number of rotatable bonds is 4. The predicted molar refractivity (Wildman–Crippen MR) is 194 cm³/mol. The molecule has 0 radical (unpaired) electrons. The van der Waals surface area contributed by atoms with Crippen molar-refractivity contribution < 1.29 is 4.63 Å². The van der Waals surface area contributed by atoms with Gasteiger partial charge in [-0.1, -0.05) is 83.5 Å². The van der Waals surface area contributed by atoms with Gasteiger partial charge in [-0.2, -0.15) is 0 Å². The van der Waals surface area contributed by atoms with Gasteiger partial charge in [0, 0.05) is 46.7 Å². The number of aromatic nitrogens is 6. The van der Waals surface area contributed by atoms with Crippen LogP contribution in [0.1, 0.15) is 65.5 Å². The monoisotopic (exact) mass is 654 g/mol. The minimum Gasteiger partial charge on any atom is -0.243 e. The van der Waals surface area contributed by atoms with E-state index in [4.69, 9.17) is 24.6 Å². The summed E-state index contributed by atoms with van der Waals surface area (Å²) in [6, 6.07) is 12.8. The van der Waals surface area contributed by atoms with Gasteiger partial charge in [-0.3, -0.25) is 0 Å². The van der Waals surface area contributed by atoms with Crippen LogP contribution in [0.3, 0.4) is 0 Å². The van der Waals surface area contributed by atoms with E-state index in [-0.39, 0.29) is 10.8 Å². The fourth-order valence-corrected chi connectivity index (χ4v) is 8.50. The van der Waals surface area contributed by atoms with E-state index in [0.717, 1.165) is 70.5 Å². The van der Waals surface area contributed by atoms with E-state index >= 15 is 0 Å². The Hall–Kier alpha value is -4.60. The van der Waals surface area contributed by atoms with Crippen LogP contribution in [0.15, 0.2) is 83.5 Å². The van der Waals surface area contributed by atoms with Crippen LogP contribution in [0.4, 0.5) is 0 Å². The minimum atomic E-state index is 0.110. The van der Waals surface area contributed by atoms with Crippen molar-refractivity contribution in [1.82, 2.24) is 30.2 Å². The second-order valence-corrected chi connectivity index (χ2v) is 16.3. The smallest absolute Gasteiger partial charge is 0.169 e. The number of fused-ring (bicyclic) bond motifs is 6. The van der Waals surface area contributed by atoms with E-state index in [1.54, 1.807) is 22.7 Å². The Kier molecular flexibility index (Phi) is 6.97. The normalized spacial score (nSPS) is 14.3. The summed E-state index contributed by atoms with van der Waals surface area (Å²) in [5.41, 5.74) is 8.98. The molecule has 7 aromatic rings. The van der Waals surface area contributed by atoms with Gasteiger partial charge in [-0.15, -0.1) is 22.7 Å². The van der Waals surface area contributed by atoms with E-state index in [9.17, 15) is 0 Å². The molecular formula is C38H34N6OS2. The quantitative estimate of drug-likeness (QED) is 0.186. The molecular weight excluding hydrogens is 621 g/mol. The maximum absolute atomic E-state index is 5.25. The Morgan fingerprint density at radius 1 is 0.596 bits per heavy atom. The molecule has 0 saturated carbocycles. The van der Waals surface area contributed by atoms with Crippen LogP contribution in [-0.4, -0.2) is 30.2 Å². The molecule has 0 N–H and O–H groups in total. The van der Waals surface area contributed by atoms with Crippen molar-refractivity contribution in [1.29, 1.82) is 0 Å². The molecule has 0 bridgehead atoms. The first-order valence-corrected chi connectivity index (χ1v) is 17.4. The minimum absolute atomic E-state index is 0.110. The van der Waals surface area contributed by atoms with Gasteiger partial charge in [0.1, 0.15) is 11.0 Å². The molecule has 5 heterocycles. The summed E-state index contributed by atoms with van der Waals surface area (Å²) < 4.78 is 7.46. The van der Waals surface area contributed by atoms with Gasteiger partial charge in [0.2, 0.25) is 0 Å². The highest BCUT2D eigenvalue weighted by Crippen LogP contribution is 2.46. The average molecular weight is 655 g/mol. The SMILES string of the molecule is CC(C)(C)C1=CC=C(c2cnc(-c3cc4c5nonc5c5cc(-c6ncc(-c7ccc(C(C)(C)C)cc7)cn6)sc5c4s3)nc2)CC1. The van der Waals surface area contributed by atoms with Crippen LogP contribution >= 0.6 is 22.7 Å². The van der Waals surface area contributed by atoms with E-state index in [1.807, 2.05) is 24.8 Å². The number of benzene rings is 2. The van der Waals surface area contributed by atoms with Crippen LogP contribution in [-0.2, 0) is 5.41 Å². The Labute approximate surface area is 281 Å². The van der Waals surface area contributed by atoms with Gasteiger partial charge in [-0.05, 0) is 62.8 Å². The predicted octanol–water partition coefficient (Wildman–Crippen LogP) is 10.7. The van der Waals surface area contributed by atoms with E-state index in [2.05, 4.69) is 100 Å². The summed E-state index contributed by atoms with van der Waals surface area (Å²) in [4.78, 5) is 21.1. The number of hydrogen-bond acceptors (Lipinski definition) is 9. The fourth-order valence-electron chi connectivity index (χ4n) is 6.12. The van der Waals surface area contributed by atoms with Crippen LogP contribution < -0.4 is 0 Å². The van der Waals surface area contributed by atoms with Crippen molar-refractivity contribution in [3.63, 3.8) is 0 Å². The van der Waals surface area contributed by atoms with Crippen molar-refractivity contribution >= 4 is 59.5 Å².